The van der Waals surface area contributed by atoms with Crippen molar-refractivity contribution in [3.05, 3.63) is 125 Å². The Labute approximate surface area is 269 Å². The average molecular weight is 630 g/mol. The minimum Gasteiger partial charge on any atom is -0.455 e. The molecule has 9 heteroatoms. The minimum atomic E-state index is -0.964. The molecule has 3 heterocycles. The van der Waals surface area contributed by atoms with Gasteiger partial charge in [0, 0.05) is 12.0 Å². The van der Waals surface area contributed by atoms with Crippen LogP contribution in [0.5, 0.6) is 11.5 Å². The molecular weight excluding hydrogens is 603 g/mol. The van der Waals surface area contributed by atoms with Gasteiger partial charge in [-0.25, -0.2) is 0 Å². The number of hydrogen-bond donors (Lipinski definition) is 0. The highest BCUT2D eigenvalue weighted by Crippen LogP contribution is 2.48. The van der Waals surface area contributed by atoms with Crippen molar-refractivity contribution in [1.29, 1.82) is 0 Å². The number of carbonyl (C=O) groups is 3. The normalized spacial score (nSPS) is 14.1. The molecule has 7 nitrogen and oxygen atoms in total. The Kier molecular flexibility index (Phi) is 7.73. The number of rotatable bonds is 7. The van der Waals surface area contributed by atoms with Crippen molar-refractivity contribution >= 4 is 40.5 Å². The number of hydrogen-bond acceptors (Lipinski definition) is 8. The van der Waals surface area contributed by atoms with Gasteiger partial charge >= 0.3 is 0 Å². The van der Waals surface area contributed by atoms with Crippen LogP contribution in [0.3, 0.4) is 0 Å². The molecule has 2 aliphatic heterocycles. The standard InChI is InChI=1S/C36H27N3O4S2/c1-21(2)32(39-34(40)25-12-6-7-13-26(25)35(39)41)36(42)45-33-24(18-22-10-4-3-5-11-22)19-27(37-38-33)23-16-17-29-31(20-23)44-30-15-9-8-14-28(30)43-29/h3-17,19-21,32H,18H2,1-2H3/t32-/m0/s1. The lowest BCUT2D eigenvalue weighted by Gasteiger charge is -2.27. The molecule has 0 bridgehead atoms. The molecule has 0 aliphatic carbocycles. The maximum atomic E-state index is 13.9. The Hall–Kier alpha value is -4.73. The number of benzene rings is 4. The predicted octanol–water partition coefficient (Wildman–Crippen LogP) is 7.93. The van der Waals surface area contributed by atoms with E-state index in [0.717, 1.165) is 54.6 Å². The van der Waals surface area contributed by atoms with Crippen LogP contribution in [0.4, 0.5) is 0 Å². The number of aromatic nitrogens is 2. The quantitative estimate of drug-likeness (QED) is 0.130. The van der Waals surface area contributed by atoms with Gasteiger partial charge in [-0.05, 0) is 77.3 Å². The van der Waals surface area contributed by atoms with Crippen molar-refractivity contribution in [1.82, 2.24) is 15.1 Å². The second-order valence-electron chi connectivity index (χ2n) is 11.2. The summed E-state index contributed by atoms with van der Waals surface area (Å²) in [6, 6.07) is 31.5. The Balaban J connectivity index is 1.21. The SMILES string of the molecule is CC(C)[C@@H](C(=O)Sc1nnc(-c2ccc3c(c2)Sc2ccccc2O3)cc1Cc1ccccc1)N1C(=O)c2ccccc2C1=O. The molecule has 0 saturated heterocycles. The van der Waals surface area contributed by atoms with E-state index in [-0.39, 0.29) is 11.0 Å². The van der Waals surface area contributed by atoms with Gasteiger partial charge in [-0.2, -0.15) is 0 Å². The molecule has 0 spiro atoms. The van der Waals surface area contributed by atoms with Gasteiger partial charge in [0.05, 0.1) is 26.6 Å². The van der Waals surface area contributed by atoms with E-state index in [1.807, 2.05) is 92.7 Å². The van der Waals surface area contributed by atoms with Crippen molar-refractivity contribution in [3.8, 4) is 22.8 Å². The molecule has 7 rings (SSSR count). The van der Waals surface area contributed by atoms with E-state index >= 15 is 0 Å². The van der Waals surface area contributed by atoms with E-state index in [1.54, 1.807) is 36.0 Å². The van der Waals surface area contributed by atoms with Gasteiger partial charge in [0.2, 0.25) is 5.12 Å². The zero-order valence-electron chi connectivity index (χ0n) is 24.5. The molecule has 222 valence electrons. The van der Waals surface area contributed by atoms with Crippen LogP contribution in [0.15, 0.2) is 118 Å². The third-order valence-electron chi connectivity index (χ3n) is 7.77. The summed E-state index contributed by atoms with van der Waals surface area (Å²) in [5.74, 6) is 0.403. The van der Waals surface area contributed by atoms with Crippen molar-refractivity contribution in [2.75, 3.05) is 0 Å². The van der Waals surface area contributed by atoms with Gasteiger partial charge in [-0.1, -0.05) is 80.2 Å². The first-order chi connectivity index (χ1) is 21.9. The summed E-state index contributed by atoms with van der Waals surface area (Å²) in [6.45, 7) is 3.67. The highest BCUT2D eigenvalue weighted by molar-refractivity contribution is 8.13. The lowest BCUT2D eigenvalue weighted by Crippen LogP contribution is -2.47. The first kappa shape index (κ1) is 29.0. The number of carbonyl (C=O) groups excluding carboxylic acids is 3. The molecule has 0 fully saturated rings. The highest BCUT2D eigenvalue weighted by atomic mass is 32.2. The minimum absolute atomic E-state index is 0.308. The number of para-hydroxylation sites is 1. The fraction of sp³-hybridized carbons (Fsp3) is 0.139. The third-order valence-corrected chi connectivity index (χ3v) is 9.85. The molecule has 2 amide bonds. The fourth-order valence-corrected chi connectivity index (χ4v) is 7.59. The van der Waals surface area contributed by atoms with Crippen molar-refractivity contribution in [2.24, 2.45) is 5.92 Å². The lowest BCUT2D eigenvalue weighted by molar-refractivity contribution is -0.115. The molecule has 2 aliphatic rings. The zero-order chi connectivity index (χ0) is 31.1. The van der Waals surface area contributed by atoms with Crippen LogP contribution < -0.4 is 4.74 Å². The maximum absolute atomic E-state index is 13.9. The van der Waals surface area contributed by atoms with Crippen molar-refractivity contribution < 1.29 is 19.1 Å². The number of fused-ring (bicyclic) bond motifs is 3. The van der Waals surface area contributed by atoms with Crippen LogP contribution in [0.25, 0.3) is 11.3 Å². The third kappa shape index (κ3) is 5.54. The molecule has 4 aromatic carbocycles. The van der Waals surface area contributed by atoms with Gasteiger partial charge in [0.15, 0.2) is 0 Å². The van der Waals surface area contributed by atoms with Gasteiger partial charge in [-0.15, -0.1) is 10.2 Å². The molecule has 0 N–H and O–H groups in total. The highest BCUT2D eigenvalue weighted by Gasteiger charge is 2.44. The van der Waals surface area contributed by atoms with E-state index in [1.165, 1.54) is 0 Å². The van der Waals surface area contributed by atoms with E-state index in [2.05, 4.69) is 10.2 Å². The Bertz CT molecular complexity index is 1940. The maximum Gasteiger partial charge on any atom is 0.262 e. The van der Waals surface area contributed by atoms with Crippen molar-refractivity contribution in [3.63, 3.8) is 0 Å². The predicted molar refractivity (Wildman–Crippen MR) is 174 cm³/mol. The van der Waals surface area contributed by atoms with Crippen molar-refractivity contribution in [2.45, 2.75) is 41.1 Å². The van der Waals surface area contributed by atoms with Crippen LogP contribution >= 0.6 is 23.5 Å². The molecule has 0 radical (unpaired) electrons. The van der Waals surface area contributed by atoms with Crippen LogP contribution in [-0.4, -0.2) is 38.1 Å². The van der Waals surface area contributed by atoms with Crippen LogP contribution in [0.2, 0.25) is 0 Å². The molecular formula is C36H27N3O4S2. The summed E-state index contributed by atoms with van der Waals surface area (Å²) in [5.41, 5.74) is 4.05. The summed E-state index contributed by atoms with van der Waals surface area (Å²) >= 11 is 2.57. The first-order valence-corrected chi connectivity index (χ1v) is 16.2. The number of ether oxygens (including phenoxy) is 1. The summed E-state index contributed by atoms with van der Waals surface area (Å²) < 4.78 is 6.10. The lowest BCUT2D eigenvalue weighted by atomic mass is 10.0. The van der Waals surface area contributed by atoms with Gasteiger partial charge in [0.25, 0.3) is 11.8 Å². The van der Waals surface area contributed by atoms with E-state index in [0.29, 0.717) is 28.3 Å². The summed E-state index contributed by atoms with van der Waals surface area (Å²) in [7, 11) is 0. The largest absolute Gasteiger partial charge is 0.455 e. The molecule has 0 unspecified atom stereocenters. The zero-order valence-corrected chi connectivity index (χ0v) is 26.1. The van der Waals surface area contributed by atoms with Crippen LogP contribution in [0.1, 0.15) is 45.7 Å². The monoisotopic (exact) mass is 629 g/mol. The number of amides is 2. The first-order valence-electron chi connectivity index (χ1n) is 14.6. The van der Waals surface area contributed by atoms with Gasteiger partial charge < -0.3 is 4.74 Å². The second-order valence-corrected chi connectivity index (χ2v) is 13.2. The Morgan fingerprint density at radius 1 is 0.800 bits per heavy atom. The molecule has 1 aromatic heterocycles. The average Bonchev–Trinajstić information content (AvgIpc) is 3.30. The second kappa shape index (κ2) is 12.0. The summed E-state index contributed by atoms with van der Waals surface area (Å²) in [4.78, 5) is 43.7. The topological polar surface area (TPSA) is 89.5 Å². The Morgan fingerprint density at radius 3 is 2.20 bits per heavy atom. The van der Waals surface area contributed by atoms with Crippen LogP contribution in [-0.2, 0) is 11.2 Å². The number of thioether (sulfide) groups is 1. The van der Waals surface area contributed by atoms with E-state index in [4.69, 9.17) is 4.74 Å². The van der Waals surface area contributed by atoms with E-state index < -0.39 is 17.9 Å². The van der Waals surface area contributed by atoms with Gasteiger partial charge in [-0.3, -0.25) is 19.3 Å². The molecule has 1 atom stereocenters. The number of imide groups is 1. The van der Waals surface area contributed by atoms with Crippen LogP contribution in [0, 0.1) is 5.92 Å². The smallest absolute Gasteiger partial charge is 0.262 e. The molecule has 45 heavy (non-hydrogen) atoms. The fourth-order valence-electron chi connectivity index (χ4n) is 5.57. The molecule has 5 aromatic rings. The summed E-state index contributed by atoms with van der Waals surface area (Å²) in [6.07, 6.45) is 0.522. The number of nitrogens with zero attached hydrogens (tertiary/aromatic N) is 3. The summed E-state index contributed by atoms with van der Waals surface area (Å²) in [5, 5.41) is 9.20. The Morgan fingerprint density at radius 2 is 1.47 bits per heavy atom. The van der Waals surface area contributed by atoms with Gasteiger partial charge in [0.1, 0.15) is 22.6 Å². The molecule has 0 saturated carbocycles. The van der Waals surface area contributed by atoms with E-state index in [9.17, 15) is 14.4 Å².